The first kappa shape index (κ1) is 23.1. The molecule has 150 valence electrons. The van der Waals surface area contributed by atoms with Crippen molar-refractivity contribution in [3.05, 3.63) is 37.1 Å². The van der Waals surface area contributed by atoms with Gasteiger partial charge in [0.1, 0.15) is 18.7 Å². The van der Waals surface area contributed by atoms with Crippen molar-refractivity contribution in [2.45, 2.75) is 19.0 Å². The standard InChI is InChI=1S/C12H16N4O3P.C2H2F3O2/c1-18-20(17,19-2)8-7-16-6-4-11(9-15-16)12-3-5-13-10-14-12;3-2(4,5)1(6)7/h3-6,9-10H,7-8H2,1-2H3;1,6H/q+1;-1. The largest absolute Gasteiger partial charge is 0.825 e. The summed E-state index contributed by atoms with van der Waals surface area (Å²) in [6.07, 6.45) is -1.52. The lowest BCUT2D eigenvalue weighted by Gasteiger charge is -2.17. The van der Waals surface area contributed by atoms with Crippen LogP contribution in [-0.4, -0.2) is 53.0 Å². The maximum Gasteiger partial charge on any atom is 0.399 e. The molecule has 0 fully saturated rings. The Morgan fingerprint density at radius 2 is 1.96 bits per heavy atom. The molecule has 27 heavy (non-hydrogen) atoms. The van der Waals surface area contributed by atoms with Crippen molar-refractivity contribution >= 4 is 7.60 Å². The Bertz CT molecular complexity index is 724. The van der Waals surface area contributed by atoms with Gasteiger partial charge in [-0.05, 0) is 11.2 Å². The van der Waals surface area contributed by atoms with Gasteiger partial charge >= 0.3 is 13.8 Å². The highest BCUT2D eigenvalue weighted by molar-refractivity contribution is 7.53. The maximum atomic E-state index is 11.9. The number of hydrogen-bond acceptors (Lipinski definition) is 8. The van der Waals surface area contributed by atoms with E-state index in [2.05, 4.69) is 15.1 Å². The Kier molecular flexibility index (Phi) is 8.86. The third-order valence-electron chi connectivity index (χ3n) is 3.09. The second kappa shape index (κ2) is 10.4. The average Bonchev–Trinajstić information content (AvgIpc) is 2.67. The minimum Gasteiger partial charge on any atom is -0.825 e. The van der Waals surface area contributed by atoms with E-state index in [0.29, 0.717) is 6.54 Å². The van der Waals surface area contributed by atoms with Crippen LogP contribution in [0.1, 0.15) is 0 Å². The Morgan fingerprint density at radius 3 is 2.37 bits per heavy atom. The average molecular weight is 410 g/mol. The molecule has 13 heteroatoms. The molecule has 1 unspecified atom stereocenters. The van der Waals surface area contributed by atoms with Crippen LogP contribution in [-0.2, 0) is 20.2 Å². The zero-order valence-corrected chi connectivity index (χ0v) is 15.3. The van der Waals surface area contributed by atoms with Crippen molar-refractivity contribution in [1.82, 2.24) is 15.1 Å². The summed E-state index contributed by atoms with van der Waals surface area (Å²) in [5, 5.41) is 20.4. The van der Waals surface area contributed by atoms with Crippen LogP contribution in [0, 0.1) is 0 Å². The van der Waals surface area contributed by atoms with Gasteiger partial charge in [0.15, 0.2) is 12.7 Å². The monoisotopic (exact) mass is 410 g/mol. The molecule has 9 nitrogen and oxygen atoms in total. The maximum absolute atomic E-state index is 11.9. The predicted molar refractivity (Wildman–Crippen MR) is 84.0 cm³/mol. The molecule has 0 bridgehead atoms. The zero-order chi connectivity index (χ0) is 20.5. The van der Waals surface area contributed by atoms with Crippen LogP contribution >= 0.6 is 7.60 Å². The first-order chi connectivity index (χ1) is 12.6. The van der Waals surface area contributed by atoms with E-state index < -0.39 is 20.1 Å². The molecule has 0 spiro atoms. The van der Waals surface area contributed by atoms with Gasteiger partial charge in [0.2, 0.25) is 0 Å². The molecule has 2 heterocycles. The second-order valence-corrected chi connectivity index (χ2v) is 7.27. The summed E-state index contributed by atoms with van der Waals surface area (Å²) in [5.41, 5.74) is 1.70. The number of halogens is 3. The van der Waals surface area contributed by atoms with Crippen LogP contribution < -0.4 is 9.79 Å². The summed E-state index contributed by atoms with van der Waals surface area (Å²) in [5.74, 6) is 0. The number of aliphatic hydroxyl groups excluding tert-OH is 1. The lowest BCUT2D eigenvalue weighted by atomic mass is 10.2. The van der Waals surface area contributed by atoms with E-state index in [4.69, 9.17) is 19.3 Å². The van der Waals surface area contributed by atoms with Crippen molar-refractivity contribution in [2.24, 2.45) is 0 Å². The van der Waals surface area contributed by atoms with Crippen LogP contribution in [0.2, 0.25) is 0 Å². The molecule has 0 amide bonds. The zero-order valence-electron chi connectivity index (χ0n) is 14.4. The first-order valence-electron chi connectivity index (χ1n) is 7.34. The second-order valence-electron chi connectivity index (χ2n) is 4.87. The van der Waals surface area contributed by atoms with Crippen molar-refractivity contribution in [3.63, 3.8) is 0 Å². The first-order valence-corrected chi connectivity index (χ1v) is 9.07. The fourth-order valence-electron chi connectivity index (χ4n) is 1.61. The molecule has 0 saturated carbocycles. The molecule has 1 N–H and O–H groups in total. The van der Waals surface area contributed by atoms with Gasteiger partial charge in [-0.3, -0.25) is 4.57 Å². The quantitative estimate of drug-likeness (QED) is 0.416. The minimum absolute atomic E-state index is 0.268. The Hall–Kier alpha value is -1.98. The molecule has 2 aromatic heterocycles. The molecule has 0 aromatic carbocycles. The normalized spacial score (nSPS) is 12.9. The van der Waals surface area contributed by atoms with E-state index in [-0.39, 0.29) is 6.16 Å². The number of aryl methyl sites for hydroxylation is 1. The van der Waals surface area contributed by atoms with Crippen molar-refractivity contribution in [1.29, 1.82) is 0 Å². The molecule has 0 radical (unpaired) electrons. The highest BCUT2D eigenvalue weighted by Gasteiger charge is 2.29. The SMILES string of the molecule is COP(=O)(CC[n+]1ccc(-c2ccncn2)cn1)OC.[O-]C(O)C(F)(F)F. The van der Waals surface area contributed by atoms with E-state index in [1.807, 2.05) is 12.1 Å². The molecule has 0 aliphatic carbocycles. The number of aliphatic hydroxyl groups is 1. The van der Waals surface area contributed by atoms with Gasteiger partial charge in [0.25, 0.3) is 0 Å². The highest BCUT2D eigenvalue weighted by atomic mass is 31.2. The Labute approximate surface area is 153 Å². The van der Waals surface area contributed by atoms with Gasteiger partial charge in [-0.1, -0.05) is 4.68 Å². The Morgan fingerprint density at radius 1 is 1.33 bits per heavy atom. The number of hydrogen-bond donors (Lipinski definition) is 1. The third-order valence-corrected chi connectivity index (χ3v) is 4.95. The van der Waals surface area contributed by atoms with Crippen LogP contribution in [0.4, 0.5) is 13.2 Å². The lowest BCUT2D eigenvalue weighted by Crippen LogP contribution is -2.40. The van der Waals surface area contributed by atoms with Crippen molar-refractivity contribution < 1.29 is 41.7 Å². The van der Waals surface area contributed by atoms with Crippen LogP contribution in [0.15, 0.2) is 37.1 Å². The summed E-state index contributed by atoms with van der Waals surface area (Å²) < 4.78 is 55.2. The number of alkyl halides is 3. The van der Waals surface area contributed by atoms with Gasteiger partial charge in [0, 0.05) is 32.0 Å². The molecule has 1 atom stereocenters. The fourth-order valence-corrected chi connectivity index (χ4v) is 2.58. The van der Waals surface area contributed by atoms with Gasteiger partial charge in [0.05, 0.1) is 12.0 Å². The summed E-state index contributed by atoms with van der Waals surface area (Å²) in [7, 11) is -0.247. The summed E-state index contributed by atoms with van der Waals surface area (Å²) in [6, 6.07) is 3.70. The highest BCUT2D eigenvalue weighted by Crippen LogP contribution is 2.45. The molecule has 0 saturated heterocycles. The molecular weight excluding hydrogens is 392 g/mol. The third kappa shape index (κ3) is 8.06. The number of rotatable bonds is 6. The summed E-state index contributed by atoms with van der Waals surface area (Å²) >= 11 is 0. The smallest absolute Gasteiger partial charge is 0.399 e. The number of aromatic nitrogens is 4. The summed E-state index contributed by atoms with van der Waals surface area (Å²) in [6.45, 7) is 0.447. The van der Waals surface area contributed by atoms with E-state index in [1.54, 1.807) is 23.3 Å². The van der Waals surface area contributed by atoms with Gasteiger partial charge in [-0.15, -0.1) is 0 Å². The minimum atomic E-state index is -5.00. The Balaban J connectivity index is 0.000000445. The number of nitrogens with zero attached hydrogens (tertiary/aromatic N) is 4. The van der Waals surface area contributed by atoms with Crippen LogP contribution in [0.5, 0.6) is 0 Å². The molecule has 2 aromatic rings. The molecule has 0 aliphatic rings. The van der Waals surface area contributed by atoms with Crippen LogP contribution in [0.3, 0.4) is 0 Å². The topological polar surface area (TPSA) is 121 Å². The lowest BCUT2D eigenvalue weighted by molar-refractivity contribution is -0.750. The summed E-state index contributed by atoms with van der Waals surface area (Å²) in [4.78, 5) is 8.01. The molecule has 0 aliphatic heterocycles. The van der Waals surface area contributed by atoms with Crippen molar-refractivity contribution in [3.8, 4) is 11.3 Å². The van der Waals surface area contributed by atoms with Gasteiger partial charge < -0.3 is 19.3 Å². The molecule has 2 rings (SSSR count). The van der Waals surface area contributed by atoms with Gasteiger partial charge in [-0.25, -0.2) is 9.97 Å². The van der Waals surface area contributed by atoms with Crippen molar-refractivity contribution in [2.75, 3.05) is 20.4 Å². The van der Waals surface area contributed by atoms with E-state index in [1.165, 1.54) is 20.5 Å². The molecular formula is C14H18F3N4O5P. The van der Waals surface area contributed by atoms with E-state index >= 15 is 0 Å². The van der Waals surface area contributed by atoms with E-state index in [9.17, 15) is 17.7 Å². The van der Waals surface area contributed by atoms with Gasteiger partial charge in [-0.2, -0.15) is 13.2 Å². The fraction of sp³-hybridized carbons (Fsp3) is 0.429. The van der Waals surface area contributed by atoms with Crippen LogP contribution in [0.25, 0.3) is 11.3 Å². The predicted octanol–water partition coefficient (Wildman–Crippen LogP) is 0.539. The van der Waals surface area contributed by atoms with E-state index in [0.717, 1.165) is 11.3 Å².